The first-order valence-corrected chi connectivity index (χ1v) is 4.69. The predicted molar refractivity (Wildman–Crippen MR) is 39.7 cm³/mol. The first-order chi connectivity index (χ1) is 6.55. The van der Waals surface area contributed by atoms with Crippen molar-refractivity contribution < 1.29 is 48.0 Å². The number of hydrogen-bond acceptors (Lipinski definition) is 3. The molecule has 1 aliphatic rings. The van der Waals surface area contributed by atoms with Gasteiger partial charge in [0.05, 0.1) is 0 Å². The second kappa shape index (κ2) is 5.57. The largest absolute Gasteiger partial charge is 1.00 e. The van der Waals surface area contributed by atoms with E-state index in [1.807, 2.05) is 0 Å². The average molecular weight is 205 g/mol. The summed E-state index contributed by atoms with van der Waals surface area (Å²) in [6.07, 6.45) is -3.64. The fourth-order valence-electron chi connectivity index (χ4n) is 0.881. The van der Waals surface area contributed by atoms with Crippen molar-refractivity contribution in [1.82, 2.24) is 4.72 Å². The van der Waals surface area contributed by atoms with Gasteiger partial charge in [-0.3, -0.25) is 0 Å². The third kappa shape index (κ3) is 5.50. The van der Waals surface area contributed by atoms with Gasteiger partial charge in [0.2, 0.25) is 0 Å². The SMILES string of the molecule is [2H]C1([2H])CCCC([2H])([2H])C1NS(=O)(=O)[O-].[Na+]. The quantitative estimate of drug-likeness (QED) is 0.396. The zero-order valence-corrected chi connectivity index (χ0v) is 9.65. The van der Waals surface area contributed by atoms with Crippen LogP contribution in [-0.4, -0.2) is 19.0 Å². The van der Waals surface area contributed by atoms with Crippen LogP contribution in [0.4, 0.5) is 0 Å². The number of rotatable bonds is 2. The van der Waals surface area contributed by atoms with Gasteiger partial charge in [-0.1, -0.05) is 19.3 Å². The van der Waals surface area contributed by atoms with Crippen LogP contribution in [-0.2, 0) is 10.3 Å². The van der Waals surface area contributed by atoms with Crippen molar-refractivity contribution in [3.63, 3.8) is 0 Å². The van der Waals surface area contributed by atoms with E-state index < -0.39 is 29.1 Å². The van der Waals surface area contributed by atoms with Crippen LogP contribution in [0.1, 0.15) is 37.5 Å². The van der Waals surface area contributed by atoms with Crippen LogP contribution in [0.5, 0.6) is 0 Å². The van der Waals surface area contributed by atoms with Gasteiger partial charge < -0.3 is 4.55 Å². The van der Waals surface area contributed by atoms with Crippen LogP contribution in [0.3, 0.4) is 0 Å². The van der Waals surface area contributed by atoms with E-state index in [-0.39, 0.29) is 42.4 Å². The molecular formula is C6H12NNaO3S. The summed E-state index contributed by atoms with van der Waals surface area (Å²) in [6.45, 7) is 0. The summed E-state index contributed by atoms with van der Waals surface area (Å²) in [5.41, 5.74) is 0. The van der Waals surface area contributed by atoms with E-state index in [1.54, 1.807) is 0 Å². The number of hydrogen-bond donors (Lipinski definition) is 1. The molecule has 1 saturated carbocycles. The molecule has 0 aliphatic heterocycles. The van der Waals surface area contributed by atoms with Crippen molar-refractivity contribution >= 4 is 10.3 Å². The standard InChI is InChI=1S/C6H13NO3S.Na/c8-11(9,10)7-6-4-2-1-3-5-6;/h6-7H,1-5H2,(H,8,9,10);/q;+1/p-1/i4D2,5D2;. The normalized spacial score (nSPS) is 33.4. The zero-order chi connectivity index (χ0) is 11.9. The molecule has 0 spiro atoms. The Hall–Kier alpha value is 0.870. The molecule has 1 aliphatic carbocycles. The topological polar surface area (TPSA) is 69.2 Å². The van der Waals surface area contributed by atoms with Crippen LogP contribution in [0.2, 0.25) is 0 Å². The minimum atomic E-state index is -4.85. The molecule has 0 aromatic carbocycles. The Morgan fingerprint density at radius 3 is 2.25 bits per heavy atom. The van der Waals surface area contributed by atoms with Crippen molar-refractivity contribution in [2.75, 3.05) is 0 Å². The molecule has 0 aromatic heterocycles. The van der Waals surface area contributed by atoms with Crippen molar-refractivity contribution in [1.29, 1.82) is 0 Å². The fourth-order valence-corrected chi connectivity index (χ4v) is 1.34. The Labute approximate surface area is 101 Å². The van der Waals surface area contributed by atoms with Gasteiger partial charge in [-0.05, 0) is 12.7 Å². The number of nitrogens with one attached hydrogen (secondary N) is 1. The Kier molecular flexibility index (Phi) is 3.34. The van der Waals surface area contributed by atoms with Gasteiger partial charge in [0.1, 0.15) is 0 Å². The third-order valence-corrected chi connectivity index (χ3v) is 1.84. The van der Waals surface area contributed by atoms with Crippen LogP contribution < -0.4 is 34.3 Å². The molecule has 0 amide bonds. The summed E-state index contributed by atoms with van der Waals surface area (Å²) in [5.74, 6) is 0. The molecule has 0 unspecified atom stereocenters. The second-order valence-corrected chi connectivity index (χ2v) is 3.41. The minimum absolute atomic E-state index is 0. The van der Waals surface area contributed by atoms with Crippen molar-refractivity contribution in [3.8, 4) is 0 Å². The van der Waals surface area contributed by atoms with E-state index in [4.69, 9.17) is 5.48 Å². The summed E-state index contributed by atoms with van der Waals surface area (Å²) in [4.78, 5) is 0. The van der Waals surface area contributed by atoms with Crippen LogP contribution >= 0.6 is 0 Å². The Bertz CT molecular complexity index is 332. The monoisotopic (exact) mass is 205 g/mol. The van der Waals surface area contributed by atoms with Gasteiger partial charge in [-0.15, -0.1) is 0 Å². The maximum Gasteiger partial charge on any atom is 1.00 e. The first kappa shape index (κ1) is 7.20. The summed E-state index contributed by atoms with van der Waals surface area (Å²) in [5, 5.41) is 0. The molecule has 4 nitrogen and oxygen atoms in total. The van der Waals surface area contributed by atoms with Gasteiger partial charge in [-0.2, -0.15) is 0 Å². The smallest absolute Gasteiger partial charge is 0.735 e. The fraction of sp³-hybridized carbons (Fsp3) is 1.00. The van der Waals surface area contributed by atoms with Crippen molar-refractivity contribution in [3.05, 3.63) is 0 Å². The summed E-state index contributed by atoms with van der Waals surface area (Å²) < 4.78 is 62.8. The molecule has 1 fully saturated rings. The van der Waals surface area contributed by atoms with Crippen molar-refractivity contribution in [2.24, 2.45) is 0 Å². The van der Waals surface area contributed by atoms with Gasteiger partial charge >= 0.3 is 29.6 Å². The maximum absolute atomic E-state index is 10.5. The van der Waals surface area contributed by atoms with E-state index in [9.17, 15) is 13.0 Å². The van der Waals surface area contributed by atoms with E-state index in [1.165, 1.54) is 4.72 Å². The Morgan fingerprint density at radius 2 is 1.83 bits per heavy atom. The van der Waals surface area contributed by atoms with E-state index in [2.05, 4.69) is 0 Å². The summed E-state index contributed by atoms with van der Waals surface area (Å²) in [6, 6.07) is -1.61. The van der Waals surface area contributed by atoms with Crippen LogP contribution in [0.15, 0.2) is 0 Å². The van der Waals surface area contributed by atoms with Crippen LogP contribution in [0.25, 0.3) is 0 Å². The molecule has 66 valence electrons. The Balaban J connectivity index is 0.00000225. The molecule has 1 N–H and O–H groups in total. The van der Waals surface area contributed by atoms with Gasteiger partial charge in [0, 0.05) is 11.5 Å². The molecular weight excluding hydrogens is 189 g/mol. The molecule has 0 aromatic rings. The predicted octanol–water partition coefficient (Wildman–Crippen LogP) is -2.63. The van der Waals surface area contributed by atoms with Gasteiger partial charge in [0.25, 0.3) is 0 Å². The van der Waals surface area contributed by atoms with Crippen LogP contribution in [0, 0.1) is 0 Å². The van der Waals surface area contributed by atoms with Crippen molar-refractivity contribution in [2.45, 2.75) is 38.1 Å². The summed E-state index contributed by atoms with van der Waals surface area (Å²) >= 11 is 0. The van der Waals surface area contributed by atoms with Gasteiger partial charge in [-0.25, -0.2) is 13.1 Å². The van der Waals surface area contributed by atoms with E-state index in [0.29, 0.717) is 6.42 Å². The molecule has 0 atom stereocenters. The first-order valence-electron chi connectivity index (χ1n) is 5.28. The molecule has 1 rings (SSSR count). The third-order valence-electron chi connectivity index (χ3n) is 1.31. The average Bonchev–Trinajstić information content (AvgIpc) is 1.95. The second-order valence-electron chi connectivity index (χ2n) is 2.27. The Morgan fingerprint density at radius 1 is 1.33 bits per heavy atom. The molecule has 0 heterocycles. The maximum atomic E-state index is 10.5. The summed E-state index contributed by atoms with van der Waals surface area (Å²) in [7, 11) is -4.85. The molecule has 0 saturated heterocycles. The molecule has 0 bridgehead atoms. The van der Waals surface area contributed by atoms with E-state index >= 15 is 0 Å². The zero-order valence-electron chi connectivity index (χ0n) is 10.8. The minimum Gasteiger partial charge on any atom is -0.735 e. The molecule has 6 heteroatoms. The van der Waals surface area contributed by atoms with E-state index in [0.717, 1.165) is 0 Å². The van der Waals surface area contributed by atoms with Gasteiger partial charge in [0.15, 0.2) is 10.3 Å². The molecule has 0 radical (unpaired) electrons. The molecule has 12 heavy (non-hydrogen) atoms.